The van der Waals surface area contributed by atoms with Crippen LogP contribution in [-0.2, 0) is 4.79 Å². The zero-order valence-corrected chi connectivity index (χ0v) is 8.77. The summed E-state index contributed by atoms with van der Waals surface area (Å²) in [6.07, 6.45) is 1.10. The van der Waals surface area contributed by atoms with Gasteiger partial charge in [0.05, 0.1) is 4.47 Å². The Labute approximate surface area is 88.2 Å². The van der Waals surface area contributed by atoms with E-state index in [1.807, 2.05) is 0 Å². The van der Waals surface area contributed by atoms with Crippen LogP contribution in [0.4, 0.5) is 8.78 Å². The van der Waals surface area contributed by atoms with Crippen molar-refractivity contribution in [2.45, 2.75) is 18.8 Å². The van der Waals surface area contributed by atoms with Crippen LogP contribution in [0.2, 0.25) is 0 Å². The summed E-state index contributed by atoms with van der Waals surface area (Å²) in [6, 6.07) is 2.89. The molecule has 74 valence electrons. The molecule has 0 spiro atoms. The van der Waals surface area contributed by atoms with Gasteiger partial charge in [-0.15, -0.1) is 0 Å². The molecule has 1 aromatic carbocycles. The molecule has 0 heterocycles. The number of ketones is 1. The summed E-state index contributed by atoms with van der Waals surface area (Å²) in [6.45, 7) is 0. The van der Waals surface area contributed by atoms with Gasteiger partial charge in [0.1, 0.15) is 5.78 Å². The van der Waals surface area contributed by atoms with Crippen molar-refractivity contribution in [3.63, 3.8) is 0 Å². The molecular weight excluding hydrogens is 254 g/mol. The first kappa shape index (κ1) is 9.77. The van der Waals surface area contributed by atoms with Crippen molar-refractivity contribution in [1.82, 2.24) is 0 Å². The molecule has 1 aromatic rings. The molecule has 0 N–H and O–H groups in total. The van der Waals surface area contributed by atoms with E-state index >= 15 is 0 Å². The van der Waals surface area contributed by atoms with Gasteiger partial charge in [-0.25, -0.2) is 8.78 Å². The summed E-state index contributed by atoms with van der Waals surface area (Å²) >= 11 is 2.88. The lowest BCUT2D eigenvalue weighted by Gasteiger charge is -2.24. The highest BCUT2D eigenvalue weighted by Gasteiger charge is 2.32. The highest BCUT2D eigenvalue weighted by molar-refractivity contribution is 9.10. The van der Waals surface area contributed by atoms with Gasteiger partial charge < -0.3 is 0 Å². The highest BCUT2D eigenvalue weighted by Crippen LogP contribution is 2.36. The molecule has 14 heavy (non-hydrogen) atoms. The standard InChI is InChI=1S/C10H7BrF2O/c11-7-3-1-6(9(12)10(7)13)5-2-4-8(5)14/h1,3,5H,2,4H2. The molecule has 0 aromatic heterocycles. The molecule has 1 unspecified atom stereocenters. The molecule has 2 rings (SSSR count). The molecule has 1 aliphatic rings. The summed E-state index contributed by atoms with van der Waals surface area (Å²) in [4.78, 5) is 11.1. The molecule has 1 nitrogen and oxygen atoms in total. The van der Waals surface area contributed by atoms with Gasteiger partial charge in [0, 0.05) is 17.9 Å². The highest BCUT2D eigenvalue weighted by atomic mass is 79.9. The van der Waals surface area contributed by atoms with E-state index in [2.05, 4.69) is 15.9 Å². The Balaban J connectivity index is 2.44. The SMILES string of the molecule is O=C1CCC1c1ccc(Br)c(F)c1F. The first-order chi connectivity index (χ1) is 6.61. The van der Waals surface area contributed by atoms with Gasteiger partial charge in [0.2, 0.25) is 0 Å². The maximum atomic E-state index is 13.3. The zero-order chi connectivity index (χ0) is 10.3. The fraction of sp³-hybridized carbons (Fsp3) is 0.300. The zero-order valence-electron chi connectivity index (χ0n) is 7.19. The lowest BCUT2D eigenvalue weighted by molar-refractivity contribution is -0.125. The molecule has 4 heteroatoms. The first-order valence-corrected chi connectivity index (χ1v) is 5.06. The monoisotopic (exact) mass is 260 g/mol. The number of rotatable bonds is 1. The van der Waals surface area contributed by atoms with Gasteiger partial charge in [0.15, 0.2) is 11.6 Å². The van der Waals surface area contributed by atoms with Crippen LogP contribution in [0.25, 0.3) is 0 Å². The predicted molar refractivity (Wildman–Crippen MR) is 51.0 cm³/mol. The predicted octanol–water partition coefficient (Wildman–Crippen LogP) is 3.17. The quantitative estimate of drug-likeness (QED) is 0.709. The van der Waals surface area contributed by atoms with Crippen LogP contribution in [0.3, 0.4) is 0 Å². The molecule has 1 fully saturated rings. The van der Waals surface area contributed by atoms with Gasteiger partial charge in [-0.2, -0.15) is 0 Å². The third-order valence-corrected chi connectivity index (χ3v) is 3.12. The second kappa shape index (κ2) is 3.42. The van der Waals surface area contributed by atoms with Crippen molar-refractivity contribution in [1.29, 1.82) is 0 Å². The van der Waals surface area contributed by atoms with Gasteiger partial charge in [-0.1, -0.05) is 6.07 Å². The maximum Gasteiger partial charge on any atom is 0.173 e. The molecule has 1 saturated carbocycles. The average molecular weight is 261 g/mol. The van der Waals surface area contributed by atoms with Crippen molar-refractivity contribution < 1.29 is 13.6 Å². The minimum atomic E-state index is -0.915. The number of benzene rings is 1. The van der Waals surface area contributed by atoms with E-state index < -0.39 is 17.6 Å². The molecule has 0 radical (unpaired) electrons. The Morgan fingerprint density at radius 3 is 2.50 bits per heavy atom. The van der Waals surface area contributed by atoms with E-state index in [0.717, 1.165) is 0 Å². The molecule has 0 saturated heterocycles. The lowest BCUT2D eigenvalue weighted by Crippen LogP contribution is -2.24. The third kappa shape index (κ3) is 1.38. The van der Waals surface area contributed by atoms with Crippen molar-refractivity contribution in [2.75, 3.05) is 0 Å². The van der Waals surface area contributed by atoms with Crippen LogP contribution in [0.15, 0.2) is 16.6 Å². The normalized spacial score (nSPS) is 20.8. The van der Waals surface area contributed by atoms with Crippen LogP contribution in [-0.4, -0.2) is 5.78 Å². The largest absolute Gasteiger partial charge is 0.299 e. The van der Waals surface area contributed by atoms with Gasteiger partial charge in [-0.05, 0) is 28.4 Å². The number of halogens is 3. The molecule has 0 aliphatic heterocycles. The van der Waals surface area contributed by atoms with Gasteiger partial charge >= 0.3 is 0 Å². The summed E-state index contributed by atoms with van der Waals surface area (Å²) in [7, 11) is 0. The van der Waals surface area contributed by atoms with Crippen LogP contribution in [0.5, 0.6) is 0 Å². The van der Waals surface area contributed by atoms with E-state index in [1.54, 1.807) is 0 Å². The molecule has 0 bridgehead atoms. The van der Waals surface area contributed by atoms with E-state index in [1.165, 1.54) is 12.1 Å². The summed E-state index contributed by atoms with van der Waals surface area (Å²) in [5, 5.41) is 0. The molecule has 1 atom stereocenters. The summed E-state index contributed by atoms with van der Waals surface area (Å²) in [5.41, 5.74) is 0.182. The van der Waals surface area contributed by atoms with Crippen LogP contribution < -0.4 is 0 Å². The summed E-state index contributed by atoms with van der Waals surface area (Å²) < 4.78 is 26.5. The fourth-order valence-corrected chi connectivity index (χ4v) is 1.85. The number of carbonyl (C=O) groups is 1. The summed E-state index contributed by atoms with van der Waals surface area (Å²) in [5.74, 6) is -2.26. The van der Waals surface area contributed by atoms with Gasteiger partial charge in [0.25, 0.3) is 0 Å². The molecule has 0 amide bonds. The molecular formula is C10H7BrF2O. The molecule has 1 aliphatic carbocycles. The van der Waals surface area contributed by atoms with Crippen molar-refractivity contribution in [3.05, 3.63) is 33.8 Å². The van der Waals surface area contributed by atoms with Crippen LogP contribution in [0, 0.1) is 11.6 Å². The topological polar surface area (TPSA) is 17.1 Å². The first-order valence-electron chi connectivity index (χ1n) is 4.27. The fourth-order valence-electron chi connectivity index (χ4n) is 1.55. The van der Waals surface area contributed by atoms with E-state index in [0.29, 0.717) is 12.8 Å². The number of carbonyl (C=O) groups excluding carboxylic acids is 1. The van der Waals surface area contributed by atoms with E-state index in [-0.39, 0.29) is 15.8 Å². The van der Waals surface area contributed by atoms with Crippen molar-refractivity contribution in [2.24, 2.45) is 0 Å². The Bertz CT molecular complexity index is 403. The van der Waals surface area contributed by atoms with E-state index in [9.17, 15) is 13.6 Å². The average Bonchev–Trinajstić information content (AvgIpc) is 2.16. The second-order valence-electron chi connectivity index (χ2n) is 3.32. The third-order valence-electron chi connectivity index (χ3n) is 2.51. The smallest absolute Gasteiger partial charge is 0.173 e. The number of hydrogen-bond donors (Lipinski definition) is 0. The van der Waals surface area contributed by atoms with Crippen molar-refractivity contribution >= 4 is 21.7 Å². The van der Waals surface area contributed by atoms with Crippen LogP contribution in [0.1, 0.15) is 24.3 Å². The van der Waals surface area contributed by atoms with Gasteiger partial charge in [-0.3, -0.25) is 4.79 Å². The van der Waals surface area contributed by atoms with E-state index in [4.69, 9.17) is 0 Å². The maximum absolute atomic E-state index is 13.3. The number of Topliss-reactive ketones (excluding diaryl/α,β-unsaturated/α-hetero) is 1. The second-order valence-corrected chi connectivity index (χ2v) is 4.18. The number of hydrogen-bond acceptors (Lipinski definition) is 1. The Morgan fingerprint density at radius 1 is 1.29 bits per heavy atom. The lowest BCUT2D eigenvalue weighted by atomic mass is 9.78. The Morgan fingerprint density at radius 2 is 2.00 bits per heavy atom. The Kier molecular flexibility index (Phi) is 2.39. The minimum absolute atomic E-state index is 0.00868. The van der Waals surface area contributed by atoms with Crippen LogP contribution >= 0.6 is 15.9 Å². The Hall–Kier alpha value is -0.770. The van der Waals surface area contributed by atoms with Crippen molar-refractivity contribution in [3.8, 4) is 0 Å². The minimum Gasteiger partial charge on any atom is -0.299 e.